The average molecular weight is 283 g/mol. The van der Waals surface area contributed by atoms with Gasteiger partial charge in [0.1, 0.15) is 0 Å². The van der Waals surface area contributed by atoms with Crippen molar-refractivity contribution in [2.45, 2.75) is 31.8 Å². The van der Waals surface area contributed by atoms with Crippen LogP contribution in [0.3, 0.4) is 0 Å². The minimum Gasteiger partial charge on any atom is -0.364 e. The van der Waals surface area contributed by atoms with Crippen LogP contribution >= 0.6 is 0 Å². The van der Waals surface area contributed by atoms with E-state index in [4.69, 9.17) is 9.97 Å². The van der Waals surface area contributed by atoms with Gasteiger partial charge in [0.2, 0.25) is 0 Å². The Hall–Kier alpha value is -1.88. The van der Waals surface area contributed by atoms with E-state index < -0.39 is 0 Å². The van der Waals surface area contributed by atoms with Gasteiger partial charge in [0, 0.05) is 31.7 Å². The van der Waals surface area contributed by atoms with Crippen LogP contribution < -0.4 is 15.5 Å². The van der Waals surface area contributed by atoms with Gasteiger partial charge >= 0.3 is 0 Å². The van der Waals surface area contributed by atoms with Crippen molar-refractivity contribution in [1.82, 2.24) is 15.3 Å². The molecule has 1 aromatic heterocycles. The number of nitrogens with one attached hydrogen (secondary N) is 2. The first-order valence-electron chi connectivity index (χ1n) is 7.82. The fourth-order valence-corrected chi connectivity index (χ4v) is 2.86. The largest absolute Gasteiger partial charge is 0.364 e. The number of aromatic nitrogens is 2. The molecule has 4 rings (SSSR count). The van der Waals surface area contributed by atoms with Crippen LogP contribution in [-0.2, 0) is 0 Å². The van der Waals surface area contributed by atoms with Crippen LogP contribution in [0, 0.1) is 0 Å². The molecule has 2 heterocycles. The lowest BCUT2D eigenvalue weighted by molar-refractivity contribution is 0.497. The fraction of sp³-hybridized carbons (Fsp3) is 0.500. The lowest BCUT2D eigenvalue weighted by atomic mass is 10.2. The molecule has 0 unspecified atom stereocenters. The molecule has 1 saturated carbocycles. The molecule has 1 aromatic carbocycles. The van der Waals surface area contributed by atoms with Crippen molar-refractivity contribution in [2.75, 3.05) is 29.9 Å². The molecule has 110 valence electrons. The van der Waals surface area contributed by atoms with E-state index in [9.17, 15) is 0 Å². The van der Waals surface area contributed by atoms with E-state index in [2.05, 4.69) is 22.5 Å². The number of piperazine rings is 1. The number of benzene rings is 1. The fourth-order valence-electron chi connectivity index (χ4n) is 2.86. The number of fused-ring (bicyclic) bond motifs is 1. The Morgan fingerprint density at radius 3 is 2.67 bits per heavy atom. The predicted octanol–water partition coefficient (Wildman–Crippen LogP) is 2.00. The highest BCUT2D eigenvalue weighted by atomic mass is 15.3. The molecule has 5 nitrogen and oxygen atoms in total. The standard InChI is InChI=1S/C16H21N5/c1-11-10-17-8-9-21(11)16-15(18-12-6-7-12)19-13-4-2-3-5-14(13)20-16/h2-5,11-12,17H,6-10H2,1H3,(H,18,19)/t11-/m0/s1. The maximum Gasteiger partial charge on any atom is 0.172 e. The first kappa shape index (κ1) is 12.8. The highest BCUT2D eigenvalue weighted by Gasteiger charge is 2.27. The minimum absolute atomic E-state index is 0.439. The van der Waals surface area contributed by atoms with Crippen LogP contribution in [0.1, 0.15) is 19.8 Å². The summed E-state index contributed by atoms with van der Waals surface area (Å²) in [5.74, 6) is 1.96. The highest BCUT2D eigenvalue weighted by molar-refractivity contribution is 5.80. The Labute approximate surface area is 124 Å². The molecule has 2 fully saturated rings. The summed E-state index contributed by atoms with van der Waals surface area (Å²) in [6, 6.07) is 9.14. The second kappa shape index (κ2) is 5.15. The van der Waals surface area contributed by atoms with Crippen molar-refractivity contribution in [2.24, 2.45) is 0 Å². The van der Waals surface area contributed by atoms with Gasteiger partial charge in [0.15, 0.2) is 11.6 Å². The van der Waals surface area contributed by atoms with E-state index in [1.165, 1.54) is 12.8 Å². The molecule has 0 amide bonds. The van der Waals surface area contributed by atoms with Crippen LogP contribution in [-0.4, -0.2) is 41.7 Å². The number of anilines is 2. The third-order valence-electron chi connectivity index (χ3n) is 4.24. The number of para-hydroxylation sites is 2. The molecule has 1 atom stereocenters. The second-order valence-corrected chi connectivity index (χ2v) is 6.05. The molecule has 21 heavy (non-hydrogen) atoms. The quantitative estimate of drug-likeness (QED) is 0.902. The average Bonchev–Trinajstić information content (AvgIpc) is 3.31. The summed E-state index contributed by atoms with van der Waals surface area (Å²) in [4.78, 5) is 12.1. The Kier molecular flexibility index (Phi) is 3.15. The minimum atomic E-state index is 0.439. The van der Waals surface area contributed by atoms with Gasteiger partial charge in [0.25, 0.3) is 0 Å². The Morgan fingerprint density at radius 1 is 1.19 bits per heavy atom. The van der Waals surface area contributed by atoms with E-state index in [0.29, 0.717) is 12.1 Å². The van der Waals surface area contributed by atoms with Crippen molar-refractivity contribution in [3.8, 4) is 0 Å². The monoisotopic (exact) mass is 283 g/mol. The molecule has 5 heteroatoms. The highest BCUT2D eigenvalue weighted by Crippen LogP contribution is 2.31. The summed E-state index contributed by atoms with van der Waals surface area (Å²) < 4.78 is 0. The number of nitrogens with zero attached hydrogens (tertiary/aromatic N) is 3. The van der Waals surface area contributed by atoms with Gasteiger partial charge in [-0.15, -0.1) is 0 Å². The van der Waals surface area contributed by atoms with E-state index in [0.717, 1.165) is 42.3 Å². The smallest absolute Gasteiger partial charge is 0.172 e. The number of hydrogen-bond donors (Lipinski definition) is 2. The van der Waals surface area contributed by atoms with Crippen LogP contribution in [0.2, 0.25) is 0 Å². The van der Waals surface area contributed by atoms with E-state index in [-0.39, 0.29) is 0 Å². The van der Waals surface area contributed by atoms with Gasteiger partial charge in [-0.3, -0.25) is 0 Å². The van der Waals surface area contributed by atoms with Crippen LogP contribution in [0.25, 0.3) is 11.0 Å². The molecular weight excluding hydrogens is 262 g/mol. The summed E-state index contributed by atoms with van der Waals surface area (Å²) in [5.41, 5.74) is 1.94. The van der Waals surface area contributed by atoms with Gasteiger partial charge in [0.05, 0.1) is 11.0 Å². The molecule has 2 N–H and O–H groups in total. The molecule has 0 bridgehead atoms. The van der Waals surface area contributed by atoms with Crippen LogP contribution in [0.15, 0.2) is 24.3 Å². The number of hydrogen-bond acceptors (Lipinski definition) is 5. The van der Waals surface area contributed by atoms with E-state index in [1.54, 1.807) is 0 Å². The summed E-state index contributed by atoms with van der Waals surface area (Å²) in [6.07, 6.45) is 2.48. The first-order valence-corrected chi connectivity index (χ1v) is 7.82. The van der Waals surface area contributed by atoms with Crippen molar-refractivity contribution < 1.29 is 0 Å². The molecule has 2 aromatic rings. The lowest BCUT2D eigenvalue weighted by Gasteiger charge is -2.35. The summed E-state index contributed by atoms with van der Waals surface area (Å²) in [6.45, 7) is 5.22. The Balaban J connectivity index is 1.79. The van der Waals surface area contributed by atoms with Gasteiger partial charge in [-0.05, 0) is 31.9 Å². The zero-order valence-corrected chi connectivity index (χ0v) is 12.3. The second-order valence-electron chi connectivity index (χ2n) is 6.05. The van der Waals surface area contributed by atoms with Crippen molar-refractivity contribution in [3.63, 3.8) is 0 Å². The summed E-state index contributed by atoms with van der Waals surface area (Å²) in [7, 11) is 0. The van der Waals surface area contributed by atoms with E-state index >= 15 is 0 Å². The predicted molar refractivity (Wildman–Crippen MR) is 85.9 cm³/mol. The molecular formula is C16H21N5. The Bertz CT molecular complexity index is 652. The normalized spacial score (nSPS) is 22.5. The summed E-state index contributed by atoms with van der Waals surface area (Å²) in [5, 5.41) is 6.99. The van der Waals surface area contributed by atoms with Crippen molar-refractivity contribution in [3.05, 3.63) is 24.3 Å². The summed E-state index contributed by atoms with van der Waals surface area (Å²) >= 11 is 0. The van der Waals surface area contributed by atoms with E-state index in [1.807, 2.05) is 24.3 Å². The molecule has 0 spiro atoms. The van der Waals surface area contributed by atoms with Gasteiger partial charge < -0.3 is 15.5 Å². The van der Waals surface area contributed by atoms with Gasteiger partial charge in [-0.1, -0.05) is 12.1 Å². The third-order valence-corrected chi connectivity index (χ3v) is 4.24. The van der Waals surface area contributed by atoms with Crippen molar-refractivity contribution >= 4 is 22.7 Å². The first-order chi connectivity index (χ1) is 10.3. The molecule has 1 aliphatic heterocycles. The lowest BCUT2D eigenvalue weighted by Crippen LogP contribution is -2.50. The topological polar surface area (TPSA) is 53.1 Å². The number of rotatable bonds is 3. The zero-order chi connectivity index (χ0) is 14.2. The molecule has 1 saturated heterocycles. The third kappa shape index (κ3) is 2.53. The molecule has 2 aliphatic rings. The Morgan fingerprint density at radius 2 is 1.95 bits per heavy atom. The van der Waals surface area contributed by atoms with Gasteiger partial charge in [-0.2, -0.15) is 0 Å². The molecule has 0 radical (unpaired) electrons. The van der Waals surface area contributed by atoms with Gasteiger partial charge in [-0.25, -0.2) is 9.97 Å². The maximum absolute atomic E-state index is 4.90. The zero-order valence-electron chi connectivity index (χ0n) is 12.3. The molecule has 1 aliphatic carbocycles. The SMILES string of the molecule is C[C@H]1CNCCN1c1nc2ccccc2nc1NC1CC1. The van der Waals surface area contributed by atoms with Crippen molar-refractivity contribution in [1.29, 1.82) is 0 Å². The maximum atomic E-state index is 4.90. The van der Waals surface area contributed by atoms with Crippen LogP contribution in [0.5, 0.6) is 0 Å². The van der Waals surface area contributed by atoms with Crippen LogP contribution in [0.4, 0.5) is 11.6 Å².